The predicted molar refractivity (Wildman–Crippen MR) is 76.4 cm³/mol. The van der Waals surface area contributed by atoms with Crippen LogP contribution in [0.15, 0.2) is 0 Å². The molecule has 1 saturated carbocycles. The van der Waals surface area contributed by atoms with Gasteiger partial charge in [0.15, 0.2) is 0 Å². The van der Waals surface area contributed by atoms with Gasteiger partial charge < -0.3 is 10.2 Å². The Balaban J connectivity index is 2.19. The van der Waals surface area contributed by atoms with E-state index in [1.165, 1.54) is 32.1 Å². The van der Waals surface area contributed by atoms with Crippen molar-refractivity contribution in [3.05, 3.63) is 0 Å². The van der Waals surface area contributed by atoms with Gasteiger partial charge in [0.25, 0.3) is 0 Å². The highest BCUT2D eigenvalue weighted by atomic mass is 15.1. The van der Waals surface area contributed by atoms with Gasteiger partial charge in [-0.3, -0.25) is 0 Å². The number of rotatable bonds is 5. The van der Waals surface area contributed by atoms with Crippen molar-refractivity contribution in [2.75, 3.05) is 20.1 Å². The molecule has 0 aliphatic heterocycles. The maximum Gasteiger partial charge on any atom is 0.0107 e. The van der Waals surface area contributed by atoms with Gasteiger partial charge in [0.2, 0.25) is 0 Å². The Hall–Kier alpha value is -0.0800. The summed E-state index contributed by atoms with van der Waals surface area (Å²) in [7, 11) is 2.21. The minimum absolute atomic E-state index is 0.575. The number of nitrogens with one attached hydrogen (secondary N) is 1. The zero-order valence-corrected chi connectivity index (χ0v) is 12.6. The van der Waals surface area contributed by atoms with Crippen molar-refractivity contribution in [3.8, 4) is 0 Å². The Kier molecular flexibility index (Phi) is 5.94. The lowest BCUT2D eigenvalue weighted by Gasteiger charge is -2.24. The number of likely N-dealkylation sites (N-methyl/N-ethyl adjacent to an activating group) is 1. The first-order valence-electron chi connectivity index (χ1n) is 7.34. The van der Waals surface area contributed by atoms with Gasteiger partial charge in [-0.25, -0.2) is 0 Å². The molecule has 0 radical (unpaired) electrons. The van der Waals surface area contributed by atoms with Gasteiger partial charge in [0.05, 0.1) is 0 Å². The minimum atomic E-state index is 0.575. The average Bonchev–Trinajstić information content (AvgIpc) is 2.40. The summed E-state index contributed by atoms with van der Waals surface area (Å²) in [6.07, 6.45) is 6.90. The summed E-state index contributed by atoms with van der Waals surface area (Å²) < 4.78 is 0. The number of nitrogens with zero attached hydrogens (tertiary/aromatic N) is 1. The lowest BCUT2D eigenvalue weighted by molar-refractivity contribution is 0.265. The van der Waals surface area contributed by atoms with Gasteiger partial charge in [-0.1, -0.05) is 20.3 Å². The first-order valence-corrected chi connectivity index (χ1v) is 7.34. The summed E-state index contributed by atoms with van der Waals surface area (Å²) in [5, 5.41) is 3.74. The smallest absolute Gasteiger partial charge is 0.0107 e. The highest BCUT2D eigenvalue weighted by Crippen LogP contribution is 2.33. The molecule has 2 heteroatoms. The van der Waals surface area contributed by atoms with Crippen LogP contribution in [0.5, 0.6) is 0 Å². The predicted octanol–water partition coefficient (Wildman–Crippen LogP) is 3.28. The lowest BCUT2D eigenvalue weighted by atomic mass is 9.85. The largest absolute Gasteiger partial charge is 0.313 e. The lowest BCUT2D eigenvalue weighted by Crippen LogP contribution is -2.38. The molecule has 0 spiro atoms. The van der Waals surface area contributed by atoms with Crippen LogP contribution in [-0.2, 0) is 0 Å². The fourth-order valence-electron chi connectivity index (χ4n) is 2.57. The zero-order chi connectivity index (χ0) is 12.9. The summed E-state index contributed by atoms with van der Waals surface area (Å²) in [5.41, 5.74) is 0.575. The molecule has 2 nitrogen and oxygen atoms in total. The normalized spacial score (nSPS) is 25.2. The molecule has 1 fully saturated rings. The van der Waals surface area contributed by atoms with Gasteiger partial charge in [0, 0.05) is 25.2 Å². The van der Waals surface area contributed by atoms with E-state index in [4.69, 9.17) is 0 Å². The van der Waals surface area contributed by atoms with Crippen LogP contribution in [0.25, 0.3) is 0 Å². The first kappa shape index (κ1) is 15.0. The average molecular weight is 240 g/mol. The van der Waals surface area contributed by atoms with Gasteiger partial charge >= 0.3 is 0 Å². The van der Waals surface area contributed by atoms with E-state index in [0.717, 1.165) is 19.1 Å². The maximum atomic E-state index is 3.74. The van der Waals surface area contributed by atoms with E-state index < -0.39 is 0 Å². The fraction of sp³-hybridized carbons (Fsp3) is 1.00. The summed E-state index contributed by atoms with van der Waals surface area (Å²) >= 11 is 0. The molecule has 0 aromatic carbocycles. The summed E-state index contributed by atoms with van der Waals surface area (Å²) in [4.78, 5) is 2.41. The summed E-state index contributed by atoms with van der Waals surface area (Å²) in [6.45, 7) is 11.7. The highest BCUT2D eigenvalue weighted by Gasteiger charge is 2.23. The standard InChI is InChI=1S/C15H32N2/c1-13(2)17(5)12-11-16-14-7-6-9-15(3,4)10-8-14/h13-14,16H,6-12H2,1-5H3. The molecule has 102 valence electrons. The van der Waals surface area contributed by atoms with Crippen LogP contribution >= 0.6 is 0 Å². The fourth-order valence-corrected chi connectivity index (χ4v) is 2.57. The molecule has 1 rings (SSSR count). The monoisotopic (exact) mass is 240 g/mol. The molecule has 0 saturated heterocycles. The highest BCUT2D eigenvalue weighted by molar-refractivity contribution is 4.79. The van der Waals surface area contributed by atoms with E-state index in [-0.39, 0.29) is 0 Å². The second-order valence-electron chi connectivity index (χ2n) is 6.82. The Bertz CT molecular complexity index is 211. The van der Waals surface area contributed by atoms with Crippen LogP contribution in [0.1, 0.15) is 59.8 Å². The Morgan fingerprint density at radius 1 is 1.24 bits per heavy atom. The van der Waals surface area contributed by atoms with Crippen molar-refractivity contribution in [2.45, 2.75) is 71.9 Å². The topological polar surface area (TPSA) is 15.3 Å². The summed E-state index contributed by atoms with van der Waals surface area (Å²) in [6, 6.07) is 1.42. The van der Waals surface area contributed by atoms with Gasteiger partial charge in [-0.2, -0.15) is 0 Å². The minimum Gasteiger partial charge on any atom is -0.313 e. The third kappa shape index (κ3) is 5.87. The maximum absolute atomic E-state index is 3.74. The molecule has 0 heterocycles. The van der Waals surface area contributed by atoms with Crippen molar-refractivity contribution in [3.63, 3.8) is 0 Å². The second kappa shape index (κ2) is 6.75. The molecule has 1 aliphatic carbocycles. The van der Waals surface area contributed by atoms with Crippen molar-refractivity contribution in [1.29, 1.82) is 0 Å². The molecule has 1 unspecified atom stereocenters. The van der Waals surface area contributed by atoms with Crippen molar-refractivity contribution >= 4 is 0 Å². The Morgan fingerprint density at radius 2 is 1.94 bits per heavy atom. The Morgan fingerprint density at radius 3 is 2.59 bits per heavy atom. The van der Waals surface area contributed by atoms with Crippen LogP contribution in [0.2, 0.25) is 0 Å². The van der Waals surface area contributed by atoms with Crippen LogP contribution in [0.3, 0.4) is 0 Å². The number of hydrogen-bond acceptors (Lipinski definition) is 2. The van der Waals surface area contributed by atoms with Crippen LogP contribution in [-0.4, -0.2) is 37.1 Å². The van der Waals surface area contributed by atoms with Gasteiger partial charge in [-0.15, -0.1) is 0 Å². The SMILES string of the molecule is CC(C)N(C)CCNC1CCCC(C)(C)CC1. The molecule has 0 bridgehead atoms. The molecule has 0 aromatic rings. The van der Waals surface area contributed by atoms with Crippen LogP contribution < -0.4 is 5.32 Å². The van der Waals surface area contributed by atoms with E-state index in [1.54, 1.807) is 0 Å². The first-order chi connectivity index (χ1) is 7.91. The second-order valence-corrected chi connectivity index (χ2v) is 6.82. The molecule has 1 N–H and O–H groups in total. The van der Waals surface area contributed by atoms with Crippen LogP contribution in [0.4, 0.5) is 0 Å². The molecule has 17 heavy (non-hydrogen) atoms. The number of hydrogen-bond donors (Lipinski definition) is 1. The van der Waals surface area contributed by atoms with E-state index in [1.807, 2.05) is 0 Å². The van der Waals surface area contributed by atoms with Gasteiger partial charge in [0.1, 0.15) is 0 Å². The van der Waals surface area contributed by atoms with Gasteiger partial charge in [-0.05, 0) is 52.0 Å². The van der Waals surface area contributed by atoms with E-state index in [9.17, 15) is 0 Å². The summed E-state index contributed by atoms with van der Waals surface area (Å²) in [5.74, 6) is 0. The van der Waals surface area contributed by atoms with E-state index in [2.05, 4.69) is 45.0 Å². The quantitative estimate of drug-likeness (QED) is 0.742. The molecule has 1 aliphatic rings. The van der Waals surface area contributed by atoms with E-state index >= 15 is 0 Å². The molecule has 0 aromatic heterocycles. The molecule has 1 atom stereocenters. The Labute approximate surface area is 108 Å². The van der Waals surface area contributed by atoms with E-state index in [0.29, 0.717) is 11.5 Å². The van der Waals surface area contributed by atoms with Crippen molar-refractivity contribution in [2.24, 2.45) is 5.41 Å². The zero-order valence-electron chi connectivity index (χ0n) is 12.6. The van der Waals surface area contributed by atoms with Crippen molar-refractivity contribution < 1.29 is 0 Å². The van der Waals surface area contributed by atoms with Crippen molar-refractivity contribution in [1.82, 2.24) is 10.2 Å². The molecular weight excluding hydrogens is 208 g/mol. The third-order valence-corrected chi connectivity index (χ3v) is 4.35. The van der Waals surface area contributed by atoms with Crippen LogP contribution in [0, 0.1) is 5.41 Å². The molecular formula is C15H32N2. The third-order valence-electron chi connectivity index (χ3n) is 4.35. The molecule has 0 amide bonds.